The Bertz CT molecular complexity index is 434. The molecule has 1 N–H and O–H groups in total. The topological polar surface area (TPSA) is 62.1 Å². The highest BCUT2D eigenvalue weighted by Gasteiger charge is 2.13. The maximum atomic E-state index is 11.8. The average Bonchev–Trinajstić information content (AvgIpc) is 2.34. The number of ether oxygens (including phenoxy) is 1. The van der Waals surface area contributed by atoms with E-state index < -0.39 is 18.8 Å². The molecule has 0 fully saturated rings. The molecule has 1 aromatic rings. The SMILES string of the molecule is N#CC(NC(=O)c1cccc(Cl)c1)OCCF. The highest BCUT2D eigenvalue weighted by molar-refractivity contribution is 6.30. The van der Waals surface area contributed by atoms with Crippen molar-refractivity contribution >= 4 is 17.5 Å². The second kappa shape index (κ2) is 6.84. The Morgan fingerprint density at radius 2 is 2.41 bits per heavy atom. The van der Waals surface area contributed by atoms with Gasteiger partial charge >= 0.3 is 0 Å². The van der Waals surface area contributed by atoms with E-state index in [1.165, 1.54) is 6.07 Å². The summed E-state index contributed by atoms with van der Waals surface area (Å²) in [4.78, 5) is 11.6. The first-order chi connectivity index (χ1) is 8.17. The standard InChI is InChI=1S/C11H10ClFN2O2/c12-9-3-1-2-8(6-9)11(16)15-10(7-14)17-5-4-13/h1-3,6,10H,4-5H2,(H,15,16). The molecule has 0 aliphatic heterocycles. The quantitative estimate of drug-likeness (QED) is 0.819. The van der Waals surface area contributed by atoms with Gasteiger partial charge in [-0.3, -0.25) is 4.79 Å². The number of carbonyl (C=O) groups excluding carboxylic acids is 1. The van der Waals surface area contributed by atoms with Crippen LogP contribution in [0.2, 0.25) is 5.02 Å². The molecule has 1 aromatic carbocycles. The molecule has 0 spiro atoms. The van der Waals surface area contributed by atoms with Crippen LogP contribution in [0.3, 0.4) is 0 Å². The molecular weight excluding hydrogens is 247 g/mol. The van der Waals surface area contributed by atoms with Crippen LogP contribution in [-0.4, -0.2) is 25.4 Å². The van der Waals surface area contributed by atoms with Crippen LogP contribution >= 0.6 is 11.6 Å². The molecule has 1 amide bonds. The van der Waals surface area contributed by atoms with Crippen LogP contribution in [0, 0.1) is 11.3 Å². The van der Waals surface area contributed by atoms with Gasteiger partial charge in [0.15, 0.2) is 0 Å². The van der Waals surface area contributed by atoms with Crippen LogP contribution in [-0.2, 0) is 4.74 Å². The summed E-state index contributed by atoms with van der Waals surface area (Å²) >= 11 is 5.72. The fourth-order valence-electron chi connectivity index (χ4n) is 1.11. The molecule has 6 heteroatoms. The lowest BCUT2D eigenvalue weighted by Crippen LogP contribution is -2.36. The average molecular weight is 257 g/mol. The van der Waals surface area contributed by atoms with Gasteiger partial charge in [0.1, 0.15) is 12.7 Å². The molecule has 0 bridgehead atoms. The highest BCUT2D eigenvalue weighted by atomic mass is 35.5. The van der Waals surface area contributed by atoms with Gasteiger partial charge in [0.25, 0.3) is 5.91 Å². The summed E-state index contributed by atoms with van der Waals surface area (Å²) in [7, 11) is 0. The first kappa shape index (κ1) is 13.4. The number of rotatable bonds is 5. The summed E-state index contributed by atoms with van der Waals surface area (Å²) in [6.07, 6.45) is -1.17. The molecule has 0 saturated heterocycles. The zero-order valence-electron chi connectivity index (χ0n) is 8.82. The minimum Gasteiger partial charge on any atom is -0.343 e. The van der Waals surface area contributed by atoms with E-state index in [1.54, 1.807) is 24.3 Å². The normalized spacial score (nSPS) is 11.6. The summed E-state index contributed by atoms with van der Waals surface area (Å²) in [6.45, 7) is -0.959. The van der Waals surface area contributed by atoms with Crippen molar-refractivity contribution in [2.45, 2.75) is 6.23 Å². The Balaban J connectivity index is 2.62. The zero-order chi connectivity index (χ0) is 12.7. The summed E-state index contributed by atoms with van der Waals surface area (Å²) in [5.41, 5.74) is 0.307. The Morgan fingerprint density at radius 1 is 1.65 bits per heavy atom. The van der Waals surface area contributed by atoms with Crippen molar-refractivity contribution in [1.29, 1.82) is 5.26 Å². The third-order valence-corrected chi connectivity index (χ3v) is 2.06. The number of nitriles is 1. The van der Waals surface area contributed by atoms with Gasteiger partial charge in [-0.2, -0.15) is 5.26 Å². The number of benzene rings is 1. The van der Waals surface area contributed by atoms with E-state index >= 15 is 0 Å². The highest BCUT2D eigenvalue weighted by Crippen LogP contribution is 2.10. The van der Waals surface area contributed by atoms with Crippen LogP contribution in [0.4, 0.5) is 4.39 Å². The smallest absolute Gasteiger partial charge is 0.254 e. The molecule has 0 aliphatic rings. The van der Waals surface area contributed by atoms with E-state index in [2.05, 4.69) is 5.32 Å². The van der Waals surface area contributed by atoms with Crippen molar-refractivity contribution in [2.75, 3.05) is 13.3 Å². The van der Waals surface area contributed by atoms with E-state index in [4.69, 9.17) is 21.6 Å². The number of halogens is 2. The third-order valence-electron chi connectivity index (χ3n) is 1.83. The van der Waals surface area contributed by atoms with Crippen molar-refractivity contribution in [3.05, 3.63) is 34.9 Å². The number of carbonyl (C=O) groups is 1. The molecule has 4 nitrogen and oxygen atoms in total. The van der Waals surface area contributed by atoms with Gasteiger partial charge < -0.3 is 10.1 Å². The molecule has 1 atom stereocenters. The van der Waals surface area contributed by atoms with Crippen molar-refractivity contribution in [3.8, 4) is 6.07 Å². The van der Waals surface area contributed by atoms with Crippen LogP contribution < -0.4 is 5.32 Å². The minimum atomic E-state index is -1.17. The minimum absolute atomic E-state index is 0.242. The van der Waals surface area contributed by atoms with Crippen molar-refractivity contribution < 1.29 is 13.9 Å². The Kier molecular flexibility index (Phi) is 5.40. The van der Waals surface area contributed by atoms with Crippen LogP contribution in [0.25, 0.3) is 0 Å². The molecule has 0 aromatic heterocycles. The summed E-state index contributed by atoms with van der Waals surface area (Å²) in [6, 6.07) is 7.94. The third kappa shape index (κ3) is 4.39. The number of hydrogen-bond donors (Lipinski definition) is 1. The largest absolute Gasteiger partial charge is 0.343 e. The van der Waals surface area contributed by atoms with Gasteiger partial charge in [-0.25, -0.2) is 4.39 Å². The second-order valence-corrected chi connectivity index (χ2v) is 3.49. The molecule has 0 saturated carbocycles. The van der Waals surface area contributed by atoms with Crippen molar-refractivity contribution in [2.24, 2.45) is 0 Å². The number of hydrogen-bond acceptors (Lipinski definition) is 3. The Morgan fingerprint density at radius 3 is 3.00 bits per heavy atom. The maximum absolute atomic E-state index is 11.8. The van der Waals surface area contributed by atoms with Crippen LogP contribution in [0.1, 0.15) is 10.4 Å². The van der Waals surface area contributed by atoms with Crippen molar-refractivity contribution in [1.82, 2.24) is 5.32 Å². The van der Waals surface area contributed by atoms with E-state index in [-0.39, 0.29) is 6.61 Å². The predicted molar refractivity (Wildman–Crippen MR) is 60.2 cm³/mol. The van der Waals surface area contributed by atoms with E-state index in [0.717, 1.165) is 0 Å². The van der Waals surface area contributed by atoms with Gasteiger partial charge in [-0.1, -0.05) is 17.7 Å². The number of nitrogens with zero attached hydrogens (tertiary/aromatic N) is 1. The van der Waals surface area contributed by atoms with Crippen LogP contribution in [0.15, 0.2) is 24.3 Å². The summed E-state index contributed by atoms with van der Waals surface area (Å²) in [5.74, 6) is -0.502. The number of alkyl halides is 1. The zero-order valence-corrected chi connectivity index (χ0v) is 9.58. The second-order valence-electron chi connectivity index (χ2n) is 3.05. The van der Waals surface area contributed by atoms with Crippen molar-refractivity contribution in [3.63, 3.8) is 0 Å². The summed E-state index contributed by atoms with van der Waals surface area (Å²) in [5, 5.41) is 11.4. The monoisotopic (exact) mass is 256 g/mol. The summed E-state index contributed by atoms with van der Waals surface area (Å²) < 4.78 is 16.6. The Labute approximate surface area is 103 Å². The van der Waals surface area contributed by atoms with Gasteiger partial charge in [0.2, 0.25) is 6.23 Å². The fourth-order valence-corrected chi connectivity index (χ4v) is 1.30. The first-order valence-electron chi connectivity index (χ1n) is 4.81. The molecule has 17 heavy (non-hydrogen) atoms. The van der Waals surface area contributed by atoms with Crippen LogP contribution in [0.5, 0.6) is 0 Å². The molecule has 0 heterocycles. The van der Waals surface area contributed by atoms with E-state index in [0.29, 0.717) is 10.6 Å². The lowest BCUT2D eigenvalue weighted by Gasteiger charge is -2.11. The first-order valence-corrected chi connectivity index (χ1v) is 5.19. The Hall–Kier alpha value is -1.64. The lowest BCUT2D eigenvalue weighted by molar-refractivity contribution is 0.0497. The molecule has 1 rings (SSSR count). The molecule has 0 radical (unpaired) electrons. The molecular formula is C11H10ClFN2O2. The van der Waals surface area contributed by atoms with E-state index in [9.17, 15) is 9.18 Å². The molecule has 0 aliphatic carbocycles. The van der Waals surface area contributed by atoms with Gasteiger partial charge in [0, 0.05) is 10.6 Å². The lowest BCUT2D eigenvalue weighted by atomic mass is 10.2. The fraction of sp³-hybridized carbons (Fsp3) is 0.273. The number of nitrogens with one attached hydrogen (secondary N) is 1. The van der Waals surface area contributed by atoms with E-state index in [1.807, 2.05) is 0 Å². The van der Waals surface area contributed by atoms with Gasteiger partial charge in [0.05, 0.1) is 6.61 Å². The van der Waals surface area contributed by atoms with Gasteiger partial charge in [-0.05, 0) is 18.2 Å². The number of amides is 1. The molecule has 1 unspecified atom stereocenters. The van der Waals surface area contributed by atoms with Gasteiger partial charge in [-0.15, -0.1) is 0 Å². The predicted octanol–water partition coefficient (Wildman–Crippen LogP) is 1.91. The molecule has 90 valence electrons. The maximum Gasteiger partial charge on any atom is 0.254 e.